The van der Waals surface area contributed by atoms with E-state index in [2.05, 4.69) is 34.9 Å². The van der Waals surface area contributed by atoms with Gasteiger partial charge in [0.1, 0.15) is 0 Å². The van der Waals surface area contributed by atoms with Gasteiger partial charge in [-0.3, -0.25) is 5.43 Å². The zero-order valence-electron chi connectivity index (χ0n) is 10.7. The van der Waals surface area contributed by atoms with E-state index in [9.17, 15) is 0 Å². The highest BCUT2D eigenvalue weighted by Gasteiger charge is 2.00. The third-order valence-corrected chi connectivity index (χ3v) is 2.62. The molecule has 0 bridgehead atoms. The fraction of sp³-hybridized carbons (Fsp3) is 0.385. The number of hydrogen-bond donors (Lipinski definition) is 2. The topological polar surface area (TPSA) is 45.6 Å². The molecule has 0 aromatic heterocycles. The van der Waals surface area contributed by atoms with Crippen LogP contribution in [0.2, 0.25) is 0 Å². The van der Waals surface area contributed by atoms with Gasteiger partial charge >= 0.3 is 0 Å². The third kappa shape index (κ3) is 5.75. The molecule has 0 aliphatic rings. The quantitative estimate of drug-likeness (QED) is 0.357. The molecule has 2 N–H and O–H groups in total. The van der Waals surface area contributed by atoms with Crippen LogP contribution in [0.5, 0.6) is 0 Å². The summed E-state index contributed by atoms with van der Waals surface area (Å²) in [4.78, 5) is 0. The number of hydrazone groups is 1. The highest BCUT2D eigenvalue weighted by Crippen LogP contribution is 2.11. The van der Waals surface area contributed by atoms with E-state index in [1.54, 1.807) is 7.11 Å². The summed E-state index contributed by atoms with van der Waals surface area (Å²) < 4.78 is 4.90. The number of nitrogens with one attached hydrogen (secondary N) is 2. The maximum absolute atomic E-state index is 5.04. The average molecular weight is 265 g/mol. The molecule has 0 spiro atoms. The van der Waals surface area contributed by atoms with Crippen LogP contribution < -0.4 is 10.7 Å². The second kappa shape index (κ2) is 8.60. The van der Waals surface area contributed by atoms with Crippen LogP contribution in [0.25, 0.3) is 0 Å². The lowest BCUT2D eigenvalue weighted by atomic mass is 10.0. The number of rotatable bonds is 6. The smallest absolute Gasteiger partial charge is 0.187 e. The van der Waals surface area contributed by atoms with Crippen molar-refractivity contribution in [3.63, 3.8) is 0 Å². The van der Waals surface area contributed by atoms with Crippen molar-refractivity contribution in [1.29, 1.82) is 0 Å². The van der Waals surface area contributed by atoms with E-state index in [4.69, 9.17) is 17.0 Å². The Morgan fingerprint density at radius 3 is 2.83 bits per heavy atom. The molecule has 0 saturated heterocycles. The maximum atomic E-state index is 5.04. The van der Waals surface area contributed by atoms with E-state index in [1.165, 1.54) is 5.56 Å². The van der Waals surface area contributed by atoms with Crippen LogP contribution >= 0.6 is 12.2 Å². The molecule has 1 aromatic carbocycles. The predicted molar refractivity (Wildman–Crippen MR) is 79.0 cm³/mol. The summed E-state index contributed by atoms with van der Waals surface area (Å²) in [5, 5.41) is 7.59. The summed E-state index contributed by atoms with van der Waals surface area (Å²) in [6.45, 7) is 3.37. The van der Waals surface area contributed by atoms with E-state index in [1.807, 2.05) is 24.4 Å². The molecule has 1 aromatic rings. The molecule has 0 radical (unpaired) electrons. The lowest BCUT2D eigenvalue weighted by Gasteiger charge is -2.07. The standard InChI is InChI=1S/C13H19N3OS/c1-11(12-6-4-3-5-7-12)10-15-16-13(18)14-8-9-17-2/h3-7,10-11H,8-9H2,1-2H3,(H2,14,16,18)/b15-10-/t11-/m0/s1. The molecule has 0 saturated carbocycles. The molecular weight excluding hydrogens is 246 g/mol. The van der Waals surface area contributed by atoms with Gasteiger partial charge in [0.25, 0.3) is 0 Å². The summed E-state index contributed by atoms with van der Waals surface area (Å²) in [7, 11) is 1.65. The van der Waals surface area contributed by atoms with Gasteiger partial charge in [-0.05, 0) is 17.8 Å². The first-order chi connectivity index (χ1) is 8.74. The summed E-state index contributed by atoms with van der Waals surface area (Å²) in [5.74, 6) is 0.250. The van der Waals surface area contributed by atoms with E-state index in [0.29, 0.717) is 18.3 Å². The number of nitrogens with zero attached hydrogens (tertiary/aromatic N) is 1. The lowest BCUT2D eigenvalue weighted by molar-refractivity contribution is 0.204. The molecular formula is C13H19N3OS. The number of ether oxygens (including phenoxy) is 1. The number of hydrogen-bond acceptors (Lipinski definition) is 3. The Balaban J connectivity index is 2.30. The van der Waals surface area contributed by atoms with Gasteiger partial charge in [0.15, 0.2) is 5.11 Å². The van der Waals surface area contributed by atoms with E-state index in [0.717, 1.165) is 0 Å². The lowest BCUT2D eigenvalue weighted by Crippen LogP contribution is -2.34. The minimum Gasteiger partial charge on any atom is -0.383 e. The van der Waals surface area contributed by atoms with E-state index < -0.39 is 0 Å². The summed E-state index contributed by atoms with van der Waals surface area (Å²) in [5.41, 5.74) is 4.00. The van der Waals surface area contributed by atoms with Crippen molar-refractivity contribution < 1.29 is 4.74 Å². The fourth-order valence-corrected chi connectivity index (χ4v) is 1.51. The largest absolute Gasteiger partial charge is 0.383 e. The van der Waals surface area contributed by atoms with Gasteiger partial charge in [-0.15, -0.1) is 0 Å². The molecule has 98 valence electrons. The summed E-state index contributed by atoms with van der Waals surface area (Å²) in [6.07, 6.45) is 1.83. The average Bonchev–Trinajstić information content (AvgIpc) is 2.40. The maximum Gasteiger partial charge on any atom is 0.187 e. The molecule has 0 aliphatic carbocycles. The van der Waals surface area contributed by atoms with Crippen molar-refractivity contribution in [1.82, 2.24) is 10.7 Å². The minimum atomic E-state index is 0.250. The first-order valence-electron chi connectivity index (χ1n) is 5.85. The van der Waals surface area contributed by atoms with Crippen LogP contribution in [-0.2, 0) is 4.74 Å². The second-order valence-corrected chi connectivity index (χ2v) is 4.25. The van der Waals surface area contributed by atoms with Crippen LogP contribution in [0, 0.1) is 0 Å². The Labute approximate surface area is 113 Å². The monoisotopic (exact) mass is 265 g/mol. The van der Waals surface area contributed by atoms with E-state index >= 15 is 0 Å². The van der Waals surface area contributed by atoms with Crippen LogP contribution in [-0.4, -0.2) is 31.6 Å². The Kier molecular flexibility index (Phi) is 6.98. The highest BCUT2D eigenvalue weighted by molar-refractivity contribution is 7.80. The van der Waals surface area contributed by atoms with Gasteiger partial charge in [0, 0.05) is 25.8 Å². The van der Waals surface area contributed by atoms with Gasteiger partial charge in [-0.25, -0.2) is 0 Å². The highest BCUT2D eigenvalue weighted by atomic mass is 32.1. The normalized spacial score (nSPS) is 12.3. The zero-order chi connectivity index (χ0) is 13.2. The Morgan fingerprint density at radius 2 is 2.17 bits per heavy atom. The van der Waals surface area contributed by atoms with Gasteiger partial charge in [-0.1, -0.05) is 37.3 Å². The molecule has 0 fully saturated rings. The van der Waals surface area contributed by atoms with Crippen LogP contribution in [0.3, 0.4) is 0 Å². The van der Waals surface area contributed by atoms with Crippen molar-refractivity contribution in [3.05, 3.63) is 35.9 Å². The molecule has 5 heteroatoms. The van der Waals surface area contributed by atoms with Crippen LogP contribution in [0.15, 0.2) is 35.4 Å². The van der Waals surface area contributed by atoms with Crippen molar-refractivity contribution in [2.24, 2.45) is 5.10 Å². The van der Waals surface area contributed by atoms with Crippen molar-refractivity contribution >= 4 is 23.5 Å². The zero-order valence-corrected chi connectivity index (χ0v) is 11.5. The Hall–Kier alpha value is -1.46. The van der Waals surface area contributed by atoms with Crippen LogP contribution in [0.4, 0.5) is 0 Å². The van der Waals surface area contributed by atoms with Crippen molar-refractivity contribution in [2.45, 2.75) is 12.8 Å². The number of benzene rings is 1. The molecule has 0 heterocycles. The minimum absolute atomic E-state index is 0.250. The summed E-state index contributed by atoms with van der Waals surface area (Å²) in [6, 6.07) is 10.2. The van der Waals surface area contributed by atoms with Crippen molar-refractivity contribution in [2.75, 3.05) is 20.3 Å². The number of thiocarbonyl (C=S) groups is 1. The Morgan fingerprint density at radius 1 is 1.44 bits per heavy atom. The molecule has 0 aliphatic heterocycles. The summed E-state index contributed by atoms with van der Waals surface area (Å²) >= 11 is 5.04. The second-order valence-electron chi connectivity index (χ2n) is 3.84. The van der Waals surface area contributed by atoms with Crippen molar-refractivity contribution in [3.8, 4) is 0 Å². The SMILES string of the molecule is COCCNC(=S)N/N=C\[C@H](C)c1ccccc1. The number of methoxy groups -OCH3 is 1. The predicted octanol–water partition coefficient (Wildman–Crippen LogP) is 1.89. The molecule has 1 rings (SSSR count). The van der Waals surface area contributed by atoms with Gasteiger partial charge in [0.05, 0.1) is 6.61 Å². The molecule has 18 heavy (non-hydrogen) atoms. The van der Waals surface area contributed by atoms with Gasteiger partial charge in [-0.2, -0.15) is 5.10 Å². The third-order valence-electron chi connectivity index (χ3n) is 2.38. The van der Waals surface area contributed by atoms with E-state index in [-0.39, 0.29) is 5.92 Å². The van der Waals surface area contributed by atoms with Gasteiger partial charge < -0.3 is 10.1 Å². The van der Waals surface area contributed by atoms with Gasteiger partial charge in [0.2, 0.25) is 0 Å². The molecule has 1 atom stereocenters. The first kappa shape index (κ1) is 14.6. The van der Waals surface area contributed by atoms with Crippen LogP contribution in [0.1, 0.15) is 18.4 Å². The first-order valence-corrected chi connectivity index (χ1v) is 6.25. The molecule has 0 amide bonds. The molecule has 0 unspecified atom stereocenters. The molecule has 4 nitrogen and oxygen atoms in total. The Bertz CT molecular complexity index is 381. The fourth-order valence-electron chi connectivity index (χ4n) is 1.36.